The van der Waals surface area contributed by atoms with Gasteiger partial charge >= 0.3 is 0 Å². The summed E-state index contributed by atoms with van der Waals surface area (Å²) in [7, 11) is 1.80. The molecule has 0 aromatic heterocycles. The second-order valence-electron chi connectivity index (χ2n) is 4.73. The highest BCUT2D eigenvalue weighted by Gasteiger charge is 2.20. The molecule has 3 nitrogen and oxygen atoms in total. The zero-order chi connectivity index (χ0) is 11.1. The van der Waals surface area contributed by atoms with E-state index in [4.69, 9.17) is 4.74 Å². The van der Waals surface area contributed by atoms with Crippen LogP contribution in [0.2, 0.25) is 0 Å². The Kier molecular flexibility index (Phi) is 5.58. The van der Waals surface area contributed by atoms with Crippen molar-refractivity contribution in [2.24, 2.45) is 0 Å². The van der Waals surface area contributed by atoms with Gasteiger partial charge in [-0.05, 0) is 39.3 Å². The van der Waals surface area contributed by atoms with Gasteiger partial charge < -0.3 is 15.0 Å². The molecular weight excluding hydrogens is 188 g/mol. The number of hydrogen-bond donors (Lipinski definition) is 1. The molecule has 1 heterocycles. The minimum Gasteiger partial charge on any atom is -0.377 e. The molecule has 1 unspecified atom stereocenters. The minimum absolute atomic E-state index is 0.00497. The maximum Gasteiger partial charge on any atom is 0.0771 e. The molecule has 0 bridgehead atoms. The first-order valence-electron chi connectivity index (χ1n) is 6.18. The van der Waals surface area contributed by atoms with Gasteiger partial charge in [0.05, 0.1) is 5.60 Å². The third kappa shape index (κ3) is 4.49. The molecule has 0 saturated carbocycles. The van der Waals surface area contributed by atoms with Crippen LogP contribution >= 0.6 is 0 Å². The Hall–Kier alpha value is -0.120. The molecule has 90 valence electrons. The van der Waals surface area contributed by atoms with E-state index in [9.17, 15) is 0 Å². The molecule has 0 aromatic carbocycles. The van der Waals surface area contributed by atoms with Crippen LogP contribution in [0.5, 0.6) is 0 Å². The number of nitrogens with one attached hydrogen (secondary N) is 1. The van der Waals surface area contributed by atoms with Crippen molar-refractivity contribution in [2.75, 3.05) is 39.8 Å². The summed E-state index contributed by atoms with van der Waals surface area (Å²) in [6.45, 7) is 10.1. The molecule has 0 radical (unpaired) electrons. The van der Waals surface area contributed by atoms with E-state index in [1.165, 1.54) is 32.5 Å². The van der Waals surface area contributed by atoms with E-state index < -0.39 is 0 Å². The van der Waals surface area contributed by atoms with Crippen LogP contribution < -0.4 is 5.32 Å². The molecule has 0 aromatic rings. The summed E-state index contributed by atoms with van der Waals surface area (Å²) < 4.78 is 5.48. The summed E-state index contributed by atoms with van der Waals surface area (Å²) in [6, 6.07) is 0. The molecule has 0 amide bonds. The van der Waals surface area contributed by atoms with Crippen LogP contribution in [0.25, 0.3) is 0 Å². The number of hydrogen-bond acceptors (Lipinski definition) is 3. The number of ether oxygens (including phenoxy) is 1. The fourth-order valence-corrected chi connectivity index (χ4v) is 1.94. The Bertz CT molecular complexity index is 163. The van der Waals surface area contributed by atoms with Gasteiger partial charge in [-0.15, -0.1) is 0 Å². The van der Waals surface area contributed by atoms with Gasteiger partial charge in [0.25, 0.3) is 0 Å². The second-order valence-corrected chi connectivity index (χ2v) is 4.73. The smallest absolute Gasteiger partial charge is 0.0771 e. The van der Waals surface area contributed by atoms with E-state index in [1.807, 2.05) is 0 Å². The van der Waals surface area contributed by atoms with Crippen molar-refractivity contribution >= 4 is 0 Å². The van der Waals surface area contributed by atoms with E-state index in [1.54, 1.807) is 7.11 Å². The van der Waals surface area contributed by atoms with Gasteiger partial charge in [0, 0.05) is 26.7 Å². The van der Waals surface area contributed by atoms with Gasteiger partial charge in [-0.3, -0.25) is 0 Å². The largest absolute Gasteiger partial charge is 0.377 e. The van der Waals surface area contributed by atoms with Crippen LogP contribution in [0.15, 0.2) is 0 Å². The lowest BCUT2D eigenvalue weighted by molar-refractivity contribution is 0.00358. The van der Waals surface area contributed by atoms with Crippen LogP contribution in [0.1, 0.15) is 33.1 Å². The zero-order valence-corrected chi connectivity index (χ0v) is 10.5. The van der Waals surface area contributed by atoms with Crippen molar-refractivity contribution in [3.05, 3.63) is 0 Å². The highest BCUT2D eigenvalue weighted by atomic mass is 16.5. The van der Waals surface area contributed by atoms with E-state index in [2.05, 4.69) is 24.1 Å². The average Bonchev–Trinajstić information content (AvgIpc) is 2.77. The first-order valence-corrected chi connectivity index (χ1v) is 6.18. The molecule has 1 N–H and O–H groups in total. The third-order valence-corrected chi connectivity index (χ3v) is 3.54. The highest BCUT2D eigenvalue weighted by molar-refractivity contribution is 4.76. The molecule has 1 fully saturated rings. The molecule has 1 atom stereocenters. The quantitative estimate of drug-likeness (QED) is 0.650. The lowest BCUT2D eigenvalue weighted by Crippen LogP contribution is -2.41. The molecule has 1 saturated heterocycles. The molecule has 3 heteroatoms. The maximum absolute atomic E-state index is 5.48. The van der Waals surface area contributed by atoms with Crippen molar-refractivity contribution in [1.82, 2.24) is 10.2 Å². The van der Waals surface area contributed by atoms with Gasteiger partial charge in [-0.2, -0.15) is 0 Å². The van der Waals surface area contributed by atoms with Crippen LogP contribution in [-0.4, -0.2) is 50.3 Å². The molecule has 1 aliphatic heterocycles. The van der Waals surface area contributed by atoms with E-state index in [0.29, 0.717) is 0 Å². The lowest BCUT2D eigenvalue weighted by atomic mass is 10.0. The first-order chi connectivity index (χ1) is 7.20. The van der Waals surface area contributed by atoms with Crippen molar-refractivity contribution in [1.29, 1.82) is 0 Å². The Balaban J connectivity index is 2.04. The summed E-state index contributed by atoms with van der Waals surface area (Å²) in [6.07, 6.45) is 3.82. The predicted molar refractivity (Wildman–Crippen MR) is 64.2 cm³/mol. The van der Waals surface area contributed by atoms with E-state index in [0.717, 1.165) is 19.5 Å². The first kappa shape index (κ1) is 12.9. The van der Waals surface area contributed by atoms with Crippen molar-refractivity contribution < 1.29 is 4.74 Å². The fourth-order valence-electron chi connectivity index (χ4n) is 1.94. The van der Waals surface area contributed by atoms with Gasteiger partial charge in [0.2, 0.25) is 0 Å². The van der Waals surface area contributed by atoms with Crippen LogP contribution in [0.4, 0.5) is 0 Å². The Labute approximate surface area is 94.2 Å². The summed E-state index contributed by atoms with van der Waals surface area (Å²) in [5, 5.41) is 3.49. The van der Waals surface area contributed by atoms with Crippen molar-refractivity contribution in [2.45, 2.75) is 38.7 Å². The molecule has 0 aliphatic carbocycles. The Morgan fingerprint density at radius 3 is 2.53 bits per heavy atom. The topological polar surface area (TPSA) is 24.5 Å². The monoisotopic (exact) mass is 214 g/mol. The molecule has 1 rings (SSSR count). The van der Waals surface area contributed by atoms with Gasteiger partial charge in [-0.1, -0.05) is 6.92 Å². The average molecular weight is 214 g/mol. The Morgan fingerprint density at radius 2 is 2.00 bits per heavy atom. The maximum atomic E-state index is 5.48. The molecule has 0 spiro atoms. The normalized spacial score (nSPS) is 21.8. The highest BCUT2D eigenvalue weighted by Crippen LogP contribution is 2.12. The molecule has 15 heavy (non-hydrogen) atoms. The summed E-state index contributed by atoms with van der Waals surface area (Å²) in [4.78, 5) is 2.53. The predicted octanol–water partition coefficient (Wildman–Crippen LogP) is 1.49. The summed E-state index contributed by atoms with van der Waals surface area (Å²) in [5.41, 5.74) is 0.00497. The van der Waals surface area contributed by atoms with Crippen molar-refractivity contribution in [3.8, 4) is 0 Å². The van der Waals surface area contributed by atoms with Crippen LogP contribution in [0.3, 0.4) is 0 Å². The van der Waals surface area contributed by atoms with Crippen molar-refractivity contribution in [3.63, 3.8) is 0 Å². The molecule has 1 aliphatic rings. The van der Waals surface area contributed by atoms with Crippen LogP contribution in [-0.2, 0) is 4.74 Å². The van der Waals surface area contributed by atoms with E-state index in [-0.39, 0.29) is 5.60 Å². The second kappa shape index (κ2) is 6.46. The third-order valence-electron chi connectivity index (χ3n) is 3.54. The SMILES string of the molecule is CCC(C)(CNCCN1CCCC1)OC. The number of likely N-dealkylation sites (tertiary alicyclic amines) is 1. The van der Waals surface area contributed by atoms with Gasteiger partial charge in [0.1, 0.15) is 0 Å². The number of rotatable bonds is 7. The summed E-state index contributed by atoms with van der Waals surface area (Å²) >= 11 is 0. The van der Waals surface area contributed by atoms with Gasteiger partial charge in [-0.25, -0.2) is 0 Å². The van der Waals surface area contributed by atoms with Crippen LogP contribution in [0, 0.1) is 0 Å². The number of nitrogens with zero attached hydrogens (tertiary/aromatic N) is 1. The summed E-state index contributed by atoms with van der Waals surface area (Å²) in [5.74, 6) is 0. The zero-order valence-electron chi connectivity index (χ0n) is 10.5. The Morgan fingerprint density at radius 1 is 1.33 bits per heavy atom. The molecular formula is C12H26N2O. The van der Waals surface area contributed by atoms with E-state index >= 15 is 0 Å². The standard InChI is InChI=1S/C12H26N2O/c1-4-12(2,15-3)11-13-7-10-14-8-5-6-9-14/h13H,4-11H2,1-3H3. The minimum atomic E-state index is 0.00497. The lowest BCUT2D eigenvalue weighted by Gasteiger charge is -2.27. The fraction of sp³-hybridized carbons (Fsp3) is 1.00. The number of methoxy groups -OCH3 is 1. The van der Waals surface area contributed by atoms with Gasteiger partial charge in [0.15, 0.2) is 0 Å².